The monoisotopic (exact) mass is 180 g/mol. The minimum Gasteiger partial charge on any atom is -0.328 e. The zero-order chi connectivity index (χ0) is 9.26. The Morgan fingerprint density at radius 2 is 1.92 bits per heavy atom. The molecule has 2 aliphatic heterocycles. The van der Waals surface area contributed by atoms with Crippen molar-refractivity contribution in [3.05, 3.63) is 12.2 Å². The second-order valence-electron chi connectivity index (χ2n) is 4.38. The number of fused-ring (bicyclic) bond motifs is 2. The van der Waals surface area contributed by atoms with Gasteiger partial charge in [-0.25, -0.2) is 0 Å². The van der Waals surface area contributed by atoms with Crippen LogP contribution in [0, 0.1) is 0 Å². The van der Waals surface area contributed by atoms with Crippen molar-refractivity contribution in [3.8, 4) is 0 Å². The van der Waals surface area contributed by atoms with Crippen LogP contribution in [0.2, 0.25) is 0 Å². The molecule has 0 aromatic carbocycles. The van der Waals surface area contributed by atoms with E-state index in [0.29, 0.717) is 6.04 Å². The summed E-state index contributed by atoms with van der Waals surface area (Å²) >= 11 is 0. The quantitative estimate of drug-likeness (QED) is 0.653. The highest BCUT2D eigenvalue weighted by molar-refractivity contribution is 4.99. The van der Waals surface area contributed by atoms with E-state index in [1.54, 1.807) is 0 Å². The van der Waals surface area contributed by atoms with Crippen molar-refractivity contribution in [1.82, 2.24) is 4.90 Å². The van der Waals surface area contributed by atoms with Crippen molar-refractivity contribution in [2.45, 2.75) is 50.7 Å². The van der Waals surface area contributed by atoms with E-state index in [2.05, 4.69) is 24.0 Å². The number of piperidine rings is 1. The Kier molecular flexibility index (Phi) is 2.70. The third-order valence-corrected chi connectivity index (χ3v) is 3.47. The fourth-order valence-electron chi connectivity index (χ4n) is 2.84. The van der Waals surface area contributed by atoms with Gasteiger partial charge in [0.25, 0.3) is 0 Å². The second-order valence-corrected chi connectivity index (χ2v) is 4.38. The first-order chi connectivity index (χ1) is 6.31. The summed E-state index contributed by atoms with van der Waals surface area (Å²) in [5.74, 6) is 0. The Morgan fingerprint density at radius 3 is 2.46 bits per heavy atom. The van der Waals surface area contributed by atoms with Gasteiger partial charge in [0.2, 0.25) is 0 Å². The normalized spacial score (nSPS) is 40.3. The van der Waals surface area contributed by atoms with Crippen molar-refractivity contribution in [2.75, 3.05) is 6.54 Å². The van der Waals surface area contributed by atoms with Crippen LogP contribution < -0.4 is 5.73 Å². The van der Waals surface area contributed by atoms with Crippen LogP contribution in [-0.4, -0.2) is 29.6 Å². The lowest BCUT2D eigenvalue weighted by molar-refractivity contribution is 0.143. The standard InChI is InChI=1S/C11H20N2/c1-2-3-6-13-10-4-5-11(13)8-9(12)7-10/h2-3,9-11H,4-8,12H2,1H3/b3-2+. The molecule has 2 atom stereocenters. The molecule has 0 aliphatic carbocycles. The molecule has 2 unspecified atom stereocenters. The molecule has 2 N–H and O–H groups in total. The topological polar surface area (TPSA) is 29.3 Å². The molecule has 0 spiro atoms. The summed E-state index contributed by atoms with van der Waals surface area (Å²) in [6, 6.07) is 2.04. The van der Waals surface area contributed by atoms with E-state index in [1.165, 1.54) is 25.7 Å². The second kappa shape index (κ2) is 3.81. The molecular weight excluding hydrogens is 160 g/mol. The first kappa shape index (κ1) is 9.22. The van der Waals surface area contributed by atoms with E-state index in [1.807, 2.05) is 0 Å². The van der Waals surface area contributed by atoms with Gasteiger partial charge in [0.15, 0.2) is 0 Å². The molecule has 13 heavy (non-hydrogen) atoms. The highest BCUT2D eigenvalue weighted by atomic mass is 15.2. The maximum Gasteiger partial charge on any atom is 0.0169 e. The van der Waals surface area contributed by atoms with E-state index in [4.69, 9.17) is 5.73 Å². The van der Waals surface area contributed by atoms with Gasteiger partial charge in [-0.2, -0.15) is 0 Å². The molecule has 2 rings (SSSR count). The minimum atomic E-state index is 0.472. The van der Waals surface area contributed by atoms with E-state index in [-0.39, 0.29) is 0 Å². The van der Waals surface area contributed by atoms with Gasteiger partial charge in [0, 0.05) is 24.7 Å². The summed E-state index contributed by atoms with van der Waals surface area (Å²) in [4.78, 5) is 2.64. The molecule has 2 heterocycles. The molecule has 74 valence electrons. The van der Waals surface area contributed by atoms with Crippen LogP contribution in [0.15, 0.2) is 12.2 Å². The van der Waals surface area contributed by atoms with Crippen LogP contribution in [0.4, 0.5) is 0 Å². The van der Waals surface area contributed by atoms with E-state index in [9.17, 15) is 0 Å². The fraction of sp³-hybridized carbons (Fsp3) is 0.818. The zero-order valence-electron chi connectivity index (χ0n) is 8.45. The van der Waals surface area contributed by atoms with Gasteiger partial charge >= 0.3 is 0 Å². The molecular formula is C11H20N2. The lowest BCUT2D eigenvalue weighted by atomic mass is 9.98. The lowest BCUT2D eigenvalue weighted by Gasteiger charge is -2.36. The van der Waals surface area contributed by atoms with Crippen molar-refractivity contribution in [1.29, 1.82) is 0 Å². The van der Waals surface area contributed by atoms with Gasteiger partial charge in [0.1, 0.15) is 0 Å². The molecule has 2 fully saturated rings. The third kappa shape index (κ3) is 1.79. The maximum absolute atomic E-state index is 6.00. The molecule has 0 aromatic heterocycles. The maximum atomic E-state index is 6.00. The predicted molar refractivity (Wildman–Crippen MR) is 55.5 cm³/mol. The Balaban J connectivity index is 1.98. The largest absolute Gasteiger partial charge is 0.328 e. The number of nitrogens with zero attached hydrogens (tertiary/aromatic N) is 1. The van der Waals surface area contributed by atoms with Crippen molar-refractivity contribution < 1.29 is 0 Å². The smallest absolute Gasteiger partial charge is 0.0169 e. The number of rotatable bonds is 2. The molecule has 2 heteroatoms. The molecule has 2 aliphatic rings. The fourth-order valence-corrected chi connectivity index (χ4v) is 2.84. The third-order valence-electron chi connectivity index (χ3n) is 3.47. The SMILES string of the molecule is C/C=C/CN1C2CCC1CC(N)C2. The number of nitrogens with two attached hydrogens (primary N) is 1. The average molecular weight is 180 g/mol. The number of hydrogen-bond acceptors (Lipinski definition) is 2. The summed E-state index contributed by atoms with van der Waals surface area (Å²) in [6.07, 6.45) is 9.59. The Hall–Kier alpha value is -0.340. The summed E-state index contributed by atoms with van der Waals surface area (Å²) < 4.78 is 0. The summed E-state index contributed by atoms with van der Waals surface area (Å²) in [5, 5.41) is 0. The van der Waals surface area contributed by atoms with Crippen LogP contribution in [0.5, 0.6) is 0 Å². The van der Waals surface area contributed by atoms with Crippen LogP contribution in [0.1, 0.15) is 32.6 Å². The van der Waals surface area contributed by atoms with Crippen LogP contribution in [-0.2, 0) is 0 Å². The van der Waals surface area contributed by atoms with Crippen LogP contribution >= 0.6 is 0 Å². The van der Waals surface area contributed by atoms with Gasteiger partial charge in [0.05, 0.1) is 0 Å². The van der Waals surface area contributed by atoms with Crippen molar-refractivity contribution >= 4 is 0 Å². The predicted octanol–water partition coefficient (Wildman–Crippen LogP) is 1.52. The molecule has 2 bridgehead atoms. The van der Waals surface area contributed by atoms with Crippen molar-refractivity contribution in [2.24, 2.45) is 5.73 Å². The van der Waals surface area contributed by atoms with E-state index >= 15 is 0 Å². The first-order valence-electron chi connectivity index (χ1n) is 5.43. The van der Waals surface area contributed by atoms with Crippen molar-refractivity contribution in [3.63, 3.8) is 0 Å². The molecule has 0 saturated carbocycles. The first-order valence-corrected chi connectivity index (χ1v) is 5.43. The average Bonchev–Trinajstić information content (AvgIpc) is 2.33. The molecule has 0 radical (unpaired) electrons. The molecule has 2 saturated heterocycles. The van der Waals surface area contributed by atoms with E-state index in [0.717, 1.165) is 18.6 Å². The Morgan fingerprint density at radius 1 is 1.31 bits per heavy atom. The van der Waals surface area contributed by atoms with Crippen LogP contribution in [0.25, 0.3) is 0 Å². The van der Waals surface area contributed by atoms with Crippen LogP contribution in [0.3, 0.4) is 0 Å². The highest BCUT2D eigenvalue weighted by Gasteiger charge is 2.38. The Labute approximate surface area is 80.8 Å². The zero-order valence-corrected chi connectivity index (χ0v) is 8.45. The summed E-state index contributed by atoms with van der Waals surface area (Å²) in [5.41, 5.74) is 6.00. The van der Waals surface area contributed by atoms with Gasteiger partial charge < -0.3 is 5.73 Å². The molecule has 0 aromatic rings. The minimum absolute atomic E-state index is 0.472. The summed E-state index contributed by atoms with van der Waals surface area (Å²) in [6.45, 7) is 3.23. The van der Waals surface area contributed by atoms with Gasteiger partial charge in [-0.3, -0.25) is 4.90 Å². The lowest BCUT2D eigenvalue weighted by Crippen LogP contribution is -2.47. The number of hydrogen-bond donors (Lipinski definition) is 1. The molecule has 0 amide bonds. The van der Waals surface area contributed by atoms with Gasteiger partial charge in [-0.05, 0) is 32.6 Å². The van der Waals surface area contributed by atoms with Gasteiger partial charge in [-0.1, -0.05) is 12.2 Å². The van der Waals surface area contributed by atoms with Gasteiger partial charge in [-0.15, -0.1) is 0 Å². The summed E-state index contributed by atoms with van der Waals surface area (Å²) in [7, 11) is 0. The molecule has 2 nitrogen and oxygen atoms in total. The Bertz CT molecular complexity index is 186. The number of allylic oxidation sites excluding steroid dienone is 1. The highest BCUT2D eigenvalue weighted by Crippen LogP contribution is 2.34. The van der Waals surface area contributed by atoms with E-state index < -0.39 is 0 Å².